The Balaban J connectivity index is 1.62. The SMILES string of the molecule is CCC(Sc1cnc(Nc2nc(C)cs2)c(Oc2ccccc2)c1)c1ccccn1. The monoisotopic (exact) mass is 434 g/mol. The molecule has 5 nitrogen and oxygen atoms in total. The maximum Gasteiger partial charge on any atom is 0.188 e. The Morgan fingerprint density at radius 3 is 2.63 bits per heavy atom. The summed E-state index contributed by atoms with van der Waals surface area (Å²) in [7, 11) is 0. The van der Waals surface area contributed by atoms with Crippen LogP contribution in [0.5, 0.6) is 11.5 Å². The summed E-state index contributed by atoms with van der Waals surface area (Å²) in [4.78, 5) is 14.7. The number of hydrogen-bond acceptors (Lipinski definition) is 7. The number of rotatable bonds is 8. The molecule has 1 atom stereocenters. The van der Waals surface area contributed by atoms with E-state index in [1.165, 1.54) is 0 Å². The molecule has 0 aliphatic heterocycles. The molecule has 7 heteroatoms. The van der Waals surface area contributed by atoms with E-state index in [1.807, 2.05) is 73.2 Å². The van der Waals surface area contributed by atoms with Gasteiger partial charge < -0.3 is 10.1 Å². The number of aryl methyl sites for hydroxylation is 1. The molecule has 4 aromatic rings. The lowest BCUT2D eigenvalue weighted by Gasteiger charge is -2.16. The van der Waals surface area contributed by atoms with Crippen molar-refractivity contribution >= 4 is 34.0 Å². The van der Waals surface area contributed by atoms with Crippen molar-refractivity contribution in [2.45, 2.75) is 30.4 Å². The first-order valence-electron chi connectivity index (χ1n) is 9.71. The average Bonchev–Trinajstić information content (AvgIpc) is 3.19. The maximum absolute atomic E-state index is 6.17. The molecule has 0 fully saturated rings. The molecule has 152 valence electrons. The number of hydrogen-bond donors (Lipinski definition) is 1. The molecule has 0 amide bonds. The molecule has 0 bridgehead atoms. The first-order chi connectivity index (χ1) is 14.7. The lowest BCUT2D eigenvalue weighted by molar-refractivity contribution is 0.481. The fraction of sp³-hybridized carbons (Fsp3) is 0.174. The maximum atomic E-state index is 6.17. The number of para-hydroxylation sites is 1. The van der Waals surface area contributed by atoms with Crippen LogP contribution in [0.2, 0.25) is 0 Å². The second-order valence-electron chi connectivity index (χ2n) is 6.62. The van der Waals surface area contributed by atoms with Gasteiger partial charge in [-0.15, -0.1) is 23.1 Å². The van der Waals surface area contributed by atoms with E-state index in [1.54, 1.807) is 23.1 Å². The molecule has 0 saturated carbocycles. The third kappa shape index (κ3) is 5.17. The van der Waals surface area contributed by atoms with Crippen LogP contribution in [0.25, 0.3) is 0 Å². The van der Waals surface area contributed by atoms with E-state index in [0.717, 1.165) is 33.6 Å². The van der Waals surface area contributed by atoms with Crippen molar-refractivity contribution in [2.24, 2.45) is 0 Å². The van der Waals surface area contributed by atoms with Gasteiger partial charge in [0.1, 0.15) is 5.75 Å². The first kappa shape index (κ1) is 20.4. The molecule has 3 aromatic heterocycles. The lowest BCUT2D eigenvalue weighted by atomic mass is 10.2. The Morgan fingerprint density at radius 1 is 1.10 bits per heavy atom. The minimum Gasteiger partial charge on any atom is -0.453 e. The van der Waals surface area contributed by atoms with E-state index >= 15 is 0 Å². The highest BCUT2D eigenvalue weighted by atomic mass is 32.2. The van der Waals surface area contributed by atoms with Gasteiger partial charge in [-0.3, -0.25) is 4.98 Å². The third-order valence-corrected chi connectivity index (χ3v) is 6.54. The average molecular weight is 435 g/mol. The second-order valence-corrected chi connectivity index (χ2v) is 8.76. The van der Waals surface area contributed by atoms with Crippen molar-refractivity contribution in [3.8, 4) is 11.5 Å². The van der Waals surface area contributed by atoms with Crippen LogP contribution in [0.1, 0.15) is 30.0 Å². The topological polar surface area (TPSA) is 59.9 Å². The number of benzene rings is 1. The number of ether oxygens (including phenoxy) is 1. The molecule has 4 rings (SSSR count). The Kier molecular flexibility index (Phi) is 6.61. The fourth-order valence-electron chi connectivity index (χ4n) is 2.87. The largest absolute Gasteiger partial charge is 0.453 e. The number of anilines is 2. The number of thioether (sulfide) groups is 1. The van der Waals surface area contributed by atoms with Crippen molar-refractivity contribution in [2.75, 3.05) is 5.32 Å². The molecule has 1 aromatic carbocycles. The van der Waals surface area contributed by atoms with Crippen LogP contribution in [0.4, 0.5) is 10.9 Å². The quantitative estimate of drug-likeness (QED) is 0.301. The van der Waals surface area contributed by atoms with Gasteiger partial charge in [0.15, 0.2) is 16.7 Å². The molecular formula is C23H22N4OS2. The highest BCUT2D eigenvalue weighted by Gasteiger charge is 2.16. The normalized spacial score (nSPS) is 11.8. The summed E-state index contributed by atoms with van der Waals surface area (Å²) >= 11 is 3.28. The summed E-state index contributed by atoms with van der Waals surface area (Å²) < 4.78 is 6.17. The Hall–Kier alpha value is -2.90. The predicted molar refractivity (Wildman–Crippen MR) is 124 cm³/mol. The smallest absolute Gasteiger partial charge is 0.188 e. The van der Waals surface area contributed by atoms with Crippen molar-refractivity contribution < 1.29 is 4.74 Å². The van der Waals surface area contributed by atoms with Crippen molar-refractivity contribution in [1.82, 2.24) is 15.0 Å². The number of thiazole rings is 1. The summed E-state index contributed by atoms with van der Waals surface area (Å²) in [6.45, 7) is 4.14. The van der Waals surface area contributed by atoms with Gasteiger partial charge in [0.25, 0.3) is 0 Å². The van der Waals surface area contributed by atoms with Crippen LogP contribution in [-0.2, 0) is 0 Å². The summed E-state index contributed by atoms with van der Waals surface area (Å²) in [6, 6.07) is 17.8. The summed E-state index contributed by atoms with van der Waals surface area (Å²) in [5.41, 5.74) is 2.04. The molecule has 3 heterocycles. The second kappa shape index (κ2) is 9.73. The molecule has 0 aliphatic carbocycles. The van der Waals surface area contributed by atoms with Gasteiger partial charge in [0.05, 0.1) is 16.6 Å². The van der Waals surface area contributed by atoms with E-state index in [4.69, 9.17) is 4.74 Å². The van der Waals surface area contributed by atoms with Gasteiger partial charge >= 0.3 is 0 Å². The molecule has 1 N–H and O–H groups in total. The van der Waals surface area contributed by atoms with Crippen LogP contribution in [0, 0.1) is 6.92 Å². The molecule has 0 saturated heterocycles. The minimum absolute atomic E-state index is 0.248. The van der Waals surface area contributed by atoms with Crippen molar-refractivity contribution in [3.63, 3.8) is 0 Å². The van der Waals surface area contributed by atoms with E-state index < -0.39 is 0 Å². The van der Waals surface area contributed by atoms with Crippen molar-refractivity contribution in [3.05, 3.63) is 83.8 Å². The zero-order valence-corrected chi connectivity index (χ0v) is 18.4. The number of aromatic nitrogens is 3. The molecule has 0 spiro atoms. The van der Waals surface area contributed by atoms with Crippen molar-refractivity contribution in [1.29, 1.82) is 0 Å². The van der Waals surface area contributed by atoms with Crippen LogP contribution >= 0.6 is 23.1 Å². The van der Waals surface area contributed by atoms with Gasteiger partial charge in [-0.2, -0.15) is 0 Å². The molecular weight excluding hydrogens is 412 g/mol. The molecule has 30 heavy (non-hydrogen) atoms. The van der Waals surface area contributed by atoms with Crippen LogP contribution in [0.3, 0.4) is 0 Å². The van der Waals surface area contributed by atoms with Crippen LogP contribution in [0.15, 0.2) is 77.3 Å². The molecule has 1 unspecified atom stereocenters. The lowest BCUT2D eigenvalue weighted by Crippen LogP contribution is -1.99. The van der Waals surface area contributed by atoms with Crippen LogP contribution < -0.4 is 10.1 Å². The number of nitrogens with one attached hydrogen (secondary N) is 1. The standard InChI is InChI=1S/C23H22N4OS2/c1-3-21(19-11-7-8-12-24-19)30-18-13-20(28-17-9-5-4-6-10-17)22(25-14-18)27-23-26-16(2)15-29-23/h4-15,21H,3H2,1-2H3,(H,25,26,27). The van der Waals surface area contributed by atoms with E-state index in [2.05, 4.69) is 33.3 Å². The summed E-state index contributed by atoms with van der Waals surface area (Å²) in [5.74, 6) is 2.06. The highest BCUT2D eigenvalue weighted by molar-refractivity contribution is 7.99. The van der Waals surface area contributed by atoms with E-state index in [-0.39, 0.29) is 5.25 Å². The van der Waals surface area contributed by atoms with Gasteiger partial charge in [-0.05, 0) is 43.7 Å². The highest BCUT2D eigenvalue weighted by Crippen LogP contribution is 2.40. The van der Waals surface area contributed by atoms with Gasteiger partial charge in [-0.1, -0.05) is 31.2 Å². The van der Waals surface area contributed by atoms with Gasteiger partial charge in [-0.25, -0.2) is 9.97 Å². The Labute approximate surface area is 184 Å². The zero-order chi connectivity index (χ0) is 20.8. The number of nitrogens with zero attached hydrogens (tertiary/aromatic N) is 3. The van der Waals surface area contributed by atoms with Crippen LogP contribution in [-0.4, -0.2) is 15.0 Å². The van der Waals surface area contributed by atoms with E-state index in [0.29, 0.717) is 11.6 Å². The fourth-order valence-corrected chi connectivity index (χ4v) is 4.61. The zero-order valence-electron chi connectivity index (χ0n) is 16.8. The van der Waals surface area contributed by atoms with E-state index in [9.17, 15) is 0 Å². The van der Waals surface area contributed by atoms with Gasteiger partial charge in [0, 0.05) is 22.7 Å². The number of pyridine rings is 2. The summed E-state index contributed by atoms with van der Waals surface area (Å²) in [5, 5.41) is 6.33. The molecule has 0 radical (unpaired) electrons. The first-order valence-corrected chi connectivity index (χ1v) is 11.5. The third-order valence-electron chi connectivity index (χ3n) is 4.31. The predicted octanol–water partition coefficient (Wildman–Crippen LogP) is 7.02. The Bertz CT molecular complexity index is 1090. The molecule has 0 aliphatic rings. The Morgan fingerprint density at radius 2 is 1.93 bits per heavy atom. The minimum atomic E-state index is 0.248. The van der Waals surface area contributed by atoms with Gasteiger partial charge in [0.2, 0.25) is 0 Å². The summed E-state index contributed by atoms with van der Waals surface area (Å²) in [6.07, 6.45) is 4.68.